The van der Waals surface area contributed by atoms with Gasteiger partial charge in [0.05, 0.1) is 11.4 Å². The fraction of sp³-hybridized carbons (Fsp3) is 0.133. The molecule has 2 nitrogen and oxygen atoms in total. The van der Waals surface area contributed by atoms with E-state index in [2.05, 4.69) is 0 Å². The number of hydrogen-bond donors (Lipinski definition) is 0. The largest absolute Gasteiger partial charge is 0.349 e. The highest BCUT2D eigenvalue weighted by molar-refractivity contribution is 5.85. The molecule has 2 aromatic rings. The molecule has 1 aliphatic heterocycles. The fourth-order valence-corrected chi connectivity index (χ4v) is 2.14. The van der Waals surface area contributed by atoms with Crippen LogP contribution >= 0.6 is 0 Å². The molecule has 0 aromatic heterocycles. The molecule has 0 bridgehead atoms. The van der Waals surface area contributed by atoms with Gasteiger partial charge in [-0.25, -0.2) is 0 Å². The quantitative estimate of drug-likeness (QED) is 0.731. The molecule has 0 N–H and O–H groups in total. The fourth-order valence-electron chi connectivity index (χ4n) is 2.14. The lowest BCUT2D eigenvalue weighted by atomic mass is 10.1. The summed E-state index contributed by atoms with van der Waals surface area (Å²) in [7, 11) is 0. The van der Waals surface area contributed by atoms with Gasteiger partial charge in [0, 0.05) is 16.8 Å². The molecule has 0 amide bonds. The van der Waals surface area contributed by atoms with Gasteiger partial charge >= 0.3 is 0 Å². The lowest BCUT2D eigenvalue weighted by molar-refractivity contribution is 1.07. The summed E-state index contributed by atoms with van der Waals surface area (Å²) < 4.78 is 23.0. The molecule has 2 aromatic carbocycles. The molecule has 2 heteroatoms. The van der Waals surface area contributed by atoms with Gasteiger partial charge in [-0.2, -0.15) is 0 Å². The molecule has 0 saturated carbocycles. The van der Waals surface area contributed by atoms with Crippen LogP contribution in [-0.2, 0) is 0 Å². The van der Waals surface area contributed by atoms with Crippen molar-refractivity contribution in [2.75, 3.05) is 16.8 Å². The van der Waals surface area contributed by atoms with E-state index in [1.807, 2.05) is 60.4 Å². The molecule has 0 atom stereocenters. The Labute approximate surface area is 106 Å². The van der Waals surface area contributed by atoms with Crippen LogP contribution in [0.5, 0.6) is 0 Å². The maximum absolute atomic E-state index is 7.67. The second kappa shape index (κ2) is 3.81. The van der Waals surface area contributed by atoms with Crippen LogP contribution in [0.2, 0.25) is 0 Å². The van der Waals surface area contributed by atoms with Gasteiger partial charge in [-0.15, -0.1) is 0 Å². The summed E-state index contributed by atoms with van der Waals surface area (Å²) in [4.78, 5) is 3.27. The van der Waals surface area contributed by atoms with E-state index < -0.39 is 6.98 Å². The average Bonchev–Trinajstić information content (AvgIpc) is 2.79. The Morgan fingerprint density at radius 2 is 1.53 bits per heavy atom. The van der Waals surface area contributed by atoms with Crippen LogP contribution in [0.3, 0.4) is 0 Å². The summed E-state index contributed by atoms with van der Waals surface area (Å²) in [6, 6.07) is 15.5. The lowest BCUT2D eigenvalue weighted by Crippen LogP contribution is -2.17. The van der Waals surface area contributed by atoms with Gasteiger partial charge in [-0.05, 0) is 30.7 Å². The van der Waals surface area contributed by atoms with E-state index in [9.17, 15) is 0 Å². The number of para-hydroxylation sites is 3. The first-order chi connectivity index (χ1) is 9.48. The standard InChI is InChI=1S/C15H15N2/c1-12-7-3-4-8-13(12)17-11-16(2)14-9-5-6-10-15(14)17/h3-11H,1-2H3/i2D3. The Balaban J connectivity index is 2.10. The number of rotatable bonds is 1. The molecule has 1 aliphatic rings. The van der Waals surface area contributed by atoms with Gasteiger partial charge in [0.15, 0.2) is 0 Å². The molecule has 0 fully saturated rings. The van der Waals surface area contributed by atoms with Crippen molar-refractivity contribution in [1.29, 1.82) is 0 Å². The minimum atomic E-state index is -2.19. The summed E-state index contributed by atoms with van der Waals surface area (Å²) in [6.07, 6.45) is 0. The highest BCUT2D eigenvalue weighted by Gasteiger charge is 2.25. The van der Waals surface area contributed by atoms with Crippen LogP contribution in [0.15, 0.2) is 48.5 Å². The SMILES string of the molecule is [2H]C([2H])([2H])N1[CH]N(c2ccccc2C)c2ccccc21. The van der Waals surface area contributed by atoms with Crippen molar-refractivity contribution in [2.45, 2.75) is 6.92 Å². The van der Waals surface area contributed by atoms with Crippen molar-refractivity contribution >= 4 is 17.1 Å². The monoisotopic (exact) mass is 226 g/mol. The van der Waals surface area contributed by atoms with Crippen molar-refractivity contribution in [2.24, 2.45) is 0 Å². The molecule has 3 rings (SSSR count). The number of nitrogens with zero attached hydrogens (tertiary/aromatic N) is 2. The van der Waals surface area contributed by atoms with Gasteiger partial charge in [-0.1, -0.05) is 30.3 Å². The first kappa shape index (κ1) is 7.38. The first-order valence-electron chi connectivity index (χ1n) is 7.07. The molecule has 0 unspecified atom stereocenters. The third-order valence-electron chi connectivity index (χ3n) is 3.01. The minimum Gasteiger partial charge on any atom is -0.349 e. The molecule has 0 aliphatic carbocycles. The predicted molar refractivity (Wildman–Crippen MR) is 72.5 cm³/mol. The third-order valence-corrected chi connectivity index (χ3v) is 3.01. The number of benzene rings is 2. The topological polar surface area (TPSA) is 6.48 Å². The van der Waals surface area contributed by atoms with Crippen LogP contribution in [0, 0.1) is 13.6 Å². The smallest absolute Gasteiger partial charge is 0.146 e. The van der Waals surface area contributed by atoms with Crippen LogP contribution in [0.4, 0.5) is 17.1 Å². The van der Waals surface area contributed by atoms with Crippen molar-refractivity contribution in [3.05, 3.63) is 60.8 Å². The Bertz CT molecular complexity index is 637. The Kier molecular flexibility index (Phi) is 1.65. The van der Waals surface area contributed by atoms with E-state index in [1.165, 1.54) is 4.90 Å². The van der Waals surface area contributed by atoms with E-state index in [1.54, 1.807) is 6.67 Å². The van der Waals surface area contributed by atoms with Gasteiger partial charge in [0.1, 0.15) is 6.67 Å². The molecular formula is C15H15N2. The van der Waals surface area contributed by atoms with Gasteiger partial charge in [0.2, 0.25) is 0 Å². The maximum atomic E-state index is 7.67. The summed E-state index contributed by atoms with van der Waals surface area (Å²) in [6.45, 7) is 1.48. The third kappa shape index (κ3) is 1.57. The molecule has 1 heterocycles. The molecule has 0 saturated heterocycles. The number of hydrogen-bond acceptors (Lipinski definition) is 2. The van der Waals surface area contributed by atoms with Crippen molar-refractivity contribution < 1.29 is 4.11 Å². The summed E-state index contributed by atoms with van der Waals surface area (Å²) >= 11 is 0. The van der Waals surface area contributed by atoms with Crippen LogP contribution in [-0.4, -0.2) is 6.98 Å². The molecule has 1 radical (unpaired) electrons. The highest BCUT2D eigenvalue weighted by Crippen LogP contribution is 2.42. The zero-order valence-corrected chi connectivity index (χ0v) is 9.59. The van der Waals surface area contributed by atoms with E-state index in [0.29, 0.717) is 5.69 Å². The van der Waals surface area contributed by atoms with Gasteiger partial charge in [-0.3, -0.25) is 0 Å². The van der Waals surface area contributed by atoms with E-state index in [0.717, 1.165) is 16.9 Å². The Morgan fingerprint density at radius 3 is 2.24 bits per heavy atom. The lowest BCUT2D eigenvalue weighted by Gasteiger charge is -2.20. The minimum absolute atomic E-state index is 0.704. The second-order valence-corrected chi connectivity index (χ2v) is 4.13. The van der Waals surface area contributed by atoms with Crippen molar-refractivity contribution in [3.8, 4) is 0 Å². The van der Waals surface area contributed by atoms with Crippen molar-refractivity contribution in [1.82, 2.24) is 0 Å². The zero-order valence-electron chi connectivity index (χ0n) is 12.6. The number of fused-ring (bicyclic) bond motifs is 1. The van der Waals surface area contributed by atoms with E-state index >= 15 is 0 Å². The Hall–Kier alpha value is -1.96. The highest BCUT2D eigenvalue weighted by atomic mass is 15.4. The van der Waals surface area contributed by atoms with E-state index in [-0.39, 0.29) is 0 Å². The second-order valence-electron chi connectivity index (χ2n) is 4.13. The van der Waals surface area contributed by atoms with Gasteiger partial charge in [0.25, 0.3) is 0 Å². The summed E-state index contributed by atoms with van der Waals surface area (Å²) in [5.74, 6) is 0. The zero-order chi connectivity index (χ0) is 14.3. The van der Waals surface area contributed by atoms with Crippen LogP contribution in [0.25, 0.3) is 0 Å². The average molecular weight is 226 g/mol. The Morgan fingerprint density at radius 1 is 0.882 bits per heavy atom. The number of anilines is 3. The molecule has 0 spiro atoms. The molecule has 17 heavy (non-hydrogen) atoms. The summed E-state index contributed by atoms with van der Waals surface area (Å²) in [5, 5.41) is 0. The van der Waals surface area contributed by atoms with E-state index in [4.69, 9.17) is 4.11 Å². The predicted octanol–water partition coefficient (Wildman–Crippen LogP) is 3.70. The molecule has 85 valence electrons. The van der Waals surface area contributed by atoms with Crippen molar-refractivity contribution in [3.63, 3.8) is 0 Å². The summed E-state index contributed by atoms with van der Waals surface area (Å²) in [5.41, 5.74) is 3.69. The molecular weight excluding hydrogens is 208 g/mol. The number of aryl methyl sites for hydroxylation is 1. The van der Waals surface area contributed by atoms with Gasteiger partial charge < -0.3 is 9.80 Å². The van der Waals surface area contributed by atoms with Crippen LogP contribution in [0.1, 0.15) is 9.68 Å². The first-order valence-corrected chi connectivity index (χ1v) is 5.57. The normalized spacial score (nSPS) is 17.4. The van der Waals surface area contributed by atoms with Crippen LogP contribution < -0.4 is 9.80 Å². The maximum Gasteiger partial charge on any atom is 0.146 e.